The number of rotatable bonds is 7. The summed E-state index contributed by atoms with van der Waals surface area (Å²) in [5, 5.41) is 10.8. The lowest BCUT2D eigenvalue weighted by Crippen LogP contribution is -2.34. The second-order valence-electron chi connectivity index (χ2n) is 5.83. The molecular weight excluding hydrogens is 336 g/mol. The van der Waals surface area contributed by atoms with E-state index in [2.05, 4.69) is 20.5 Å². The highest BCUT2D eigenvalue weighted by atomic mass is 16.5. The molecule has 136 valence electrons. The highest BCUT2D eigenvalue weighted by molar-refractivity contribution is 5.93. The van der Waals surface area contributed by atoms with Gasteiger partial charge in [0.15, 0.2) is 5.82 Å². The van der Waals surface area contributed by atoms with Crippen LogP contribution in [0.1, 0.15) is 35.6 Å². The molecule has 9 nitrogen and oxygen atoms in total. The maximum Gasteiger partial charge on any atom is 0.270 e. The molecular formula is C17H20N6O3. The van der Waals surface area contributed by atoms with Crippen LogP contribution in [0.3, 0.4) is 0 Å². The molecule has 3 heterocycles. The monoisotopic (exact) mass is 356 g/mol. The number of amides is 1. The molecule has 1 amide bonds. The van der Waals surface area contributed by atoms with Crippen molar-refractivity contribution >= 4 is 11.6 Å². The zero-order valence-electron chi connectivity index (χ0n) is 14.6. The molecule has 0 bridgehead atoms. The van der Waals surface area contributed by atoms with E-state index in [0.29, 0.717) is 24.6 Å². The first kappa shape index (κ1) is 17.7. The van der Waals surface area contributed by atoms with E-state index in [1.165, 1.54) is 10.6 Å². The van der Waals surface area contributed by atoms with Crippen molar-refractivity contribution in [1.82, 2.24) is 29.5 Å². The second-order valence-corrected chi connectivity index (χ2v) is 5.83. The van der Waals surface area contributed by atoms with Crippen LogP contribution in [0.4, 0.5) is 0 Å². The van der Waals surface area contributed by atoms with E-state index in [1.807, 2.05) is 4.57 Å². The van der Waals surface area contributed by atoms with Crippen LogP contribution >= 0.6 is 0 Å². The first-order valence-electron chi connectivity index (χ1n) is 8.25. The lowest BCUT2D eigenvalue weighted by Gasteiger charge is -2.14. The van der Waals surface area contributed by atoms with E-state index in [-0.39, 0.29) is 5.56 Å². The number of ether oxygens (including phenoxy) is 1. The van der Waals surface area contributed by atoms with Crippen molar-refractivity contribution in [2.45, 2.75) is 25.9 Å². The van der Waals surface area contributed by atoms with E-state index in [0.717, 1.165) is 6.42 Å². The first-order chi connectivity index (χ1) is 12.6. The molecule has 0 aliphatic rings. The summed E-state index contributed by atoms with van der Waals surface area (Å²) in [5.41, 5.74) is 0.0489. The number of methoxy groups -OCH3 is 1. The molecule has 0 fully saturated rings. The third-order valence-corrected chi connectivity index (χ3v) is 3.99. The third kappa shape index (κ3) is 3.62. The molecule has 1 atom stereocenters. The Morgan fingerprint density at radius 3 is 3.04 bits per heavy atom. The number of hydrogen-bond acceptors (Lipinski definition) is 6. The number of nitrogens with one attached hydrogen (secondary N) is 1. The van der Waals surface area contributed by atoms with Crippen LogP contribution in [0.25, 0.3) is 5.65 Å². The van der Waals surface area contributed by atoms with Gasteiger partial charge in [0.1, 0.15) is 17.5 Å². The SMILES string of the molecule is COCCCn1cnnc1[C@H](C)NC(=O)c1cnc2ccccn2c1=O. The van der Waals surface area contributed by atoms with Crippen molar-refractivity contribution < 1.29 is 9.53 Å². The molecule has 3 aromatic heterocycles. The molecule has 0 saturated heterocycles. The van der Waals surface area contributed by atoms with E-state index in [1.54, 1.807) is 44.8 Å². The predicted octanol–water partition coefficient (Wildman–Crippen LogP) is 0.813. The van der Waals surface area contributed by atoms with Gasteiger partial charge in [-0.05, 0) is 25.5 Å². The van der Waals surface area contributed by atoms with Crippen molar-refractivity contribution in [2.24, 2.45) is 0 Å². The molecule has 26 heavy (non-hydrogen) atoms. The standard InChI is InChI=1S/C17H20N6O3/c1-12(15-21-19-11-22(15)7-5-9-26-2)20-16(24)13-10-18-14-6-3-4-8-23(14)17(13)25/h3-4,6,8,10-12H,5,7,9H2,1-2H3,(H,20,24)/t12-/m0/s1. The number of aromatic nitrogens is 5. The summed E-state index contributed by atoms with van der Waals surface area (Å²) >= 11 is 0. The maximum absolute atomic E-state index is 12.5. The van der Waals surface area contributed by atoms with Gasteiger partial charge in [0, 0.05) is 32.7 Å². The molecule has 1 N–H and O–H groups in total. The Morgan fingerprint density at radius 1 is 1.38 bits per heavy atom. The van der Waals surface area contributed by atoms with Crippen LogP contribution in [0.2, 0.25) is 0 Å². The van der Waals surface area contributed by atoms with Crippen LogP contribution in [-0.2, 0) is 11.3 Å². The van der Waals surface area contributed by atoms with Gasteiger partial charge in [0.05, 0.1) is 6.04 Å². The summed E-state index contributed by atoms with van der Waals surface area (Å²) in [4.78, 5) is 29.2. The smallest absolute Gasteiger partial charge is 0.270 e. The van der Waals surface area contributed by atoms with Crippen molar-refractivity contribution in [3.63, 3.8) is 0 Å². The van der Waals surface area contributed by atoms with Gasteiger partial charge in [0.25, 0.3) is 11.5 Å². The lowest BCUT2D eigenvalue weighted by atomic mass is 10.2. The molecule has 0 aliphatic heterocycles. The van der Waals surface area contributed by atoms with Gasteiger partial charge in [-0.25, -0.2) is 4.98 Å². The fraction of sp³-hybridized carbons (Fsp3) is 0.353. The zero-order chi connectivity index (χ0) is 18.5. The number of fused-ring (bicyclic) bond motifs is 1. The van der Waals surface area contributed by atoms with Crippen LogP contribution in [0, 0.1) is 0 Å². The fourth-order valence-corrected chi connectivity index (χ4v) is 2.67. The van der Waals surface area contributed by atoms with E-state index in [9.17, 15) is 9.59 Å². The predicted molar refractivity (Wildman–Crippen MR) is 93.9 cm³/mol. The Bertz CT molecular complexity index is 964. The minimum absolute atomic E-state index is 0.0222. The van der Waals surface area contributed by atoms with Crippen molar-refractivity contribution in [3.8, 4) is 0 Å². The number of pyridine rings is 1. The van der Waals surface area contributed by atoms with Gasteiger partial charge < -0.3 is 14.6 Å². The van der Waals surface area contributed by atoms with Crippen molar-refractivity contribution in [3.05, 3.63) is 58.7 Å². The molecule has 0 aliphatic carbocycles. The number of nitrogens with zero attached hydrogens (tertiary/aromatic N) is 5. The summed E-state index contributed by atoms with van der Waals surface area (Å²) in [5.74, 6) is 0.114. The Hall–Kier alpha value is -3.07. The number of hydrogen-bond donors (Lipinski definition) is 1. The van der Waals surface area contributed by atoms with Crippen LogP contribution < -0.4 is 10.9 Å². The molecule has 9 heteroatoms. The highest BCUT2D eigenvalue weighted by Crippen LogP contribution is 2.10. The largest absolute Gasteiger partial charge is 0.385 e. The summed E-state index contributed by atoms with van der Waals surface area (Å²) in [7, 11) is 1.64. The summed E-state index contributed by atoms with van der Waals surface area (Å²) < 4.78 is 8.24. The molecule has 0 aromatic carbocycles. The third-order valence-electron chi connectivity index (χ3n) is 3.99. The second kappa shape index (κ2) is 7.87. The van der Waals surface area contributed by atoms with E-state index in [4.69, 9.17) is 4.74 Å². The van der Waals surface area contributed by atoms with Crippen LogP contribution in [0.15, 0.2) is 41.7 Å². The topological polar surface area (TPSA) is 103 Å². The van der Waals surface area contributed by atoms with Gasteiger partial charge >= 0.3 is 0 Å². The van der Waals surface area contributed by atoms with Gasteiger partial charge in [-0.1, -0.05) is 6.07 Å². The molecule has 3 aromatic rings. The molecule has 0 saturated carbocycles. The summed E-state index contributed by atoms with van der Waals surface area (Å²) in [6.07, 6.45) is 5.29. The van der Waals surface area contributed by atoms with Gasteiger partial charge in [-0.2, -0.15) is 0 Å². The van der Waals surface area contributed by atoms with E-state index >= 15 is 0 Å². The number of carbonyl (C=O) groups excluding carboxylic acids is 1. The summed E-state index contributed by atoms with van der Waals surface area (Å²) in [6.45, 7) is 3.09. The van der Waals surface area contributed by atoms with Crippen molar-refractivity contribution in [1.29, 1.82) is 0 Å². The Kier molecular flexibility index (Phi) is 5.37. The van der Waals surface area contributed by atoms with Gasteiger partial charge in [0.2, 0.25) is 0 Å². The normalized spacial score (nSPS) is 12.2. The molecule has 0 radical (unpaired) electrons. The Labute approximate surface area is 149 Å². The zero-order valence-corrected chi connectivity index (χ0v) is 14.6. The Morgan fingerprint density at radius 2 is 2.23 bits per heavy atom. The average Bonchev–Trinajstić information content (AvgIpc) is 3.11. The summed E-state index contributed by atoms with van der Waals surface area (Å²) in [6, 6.07) is 4.78. The van der Waals surface area contributed by atoms with E-state index < -0.39 is 17.5 Å². The lowest BCUT2D eigenvalue weighted by molar-refractivity contribution is 0.0935. The Balaban J connectivity index is 1.77. The minimum Gasteiger partial charge on any atom is -0.385 e. The molecule has 3 rings (SSSR count). The van der Waals surface area contributed by atoms with Crippen LogP contribution in [-0.4, -0.2) is 43.8 Å². The van der Waals surface area contributed by atoms with Crippen LogP contribution in [0.5, 0.6) is 0 Å². The molecule has 0 unspecified atom stereocenters. The minimum atomic E-state index is -0.500. The van der Waals surface area contributed by atoms with Gasteiger partial charge in [-0.15, -0.1) is 10.2 Å². The van der Waals surface area contributed by atoms with Gasteiger partial charge in [-0.3, -0.25) is 14.0 Å². The fourth-order valence-electron chi connectivity index (χ4n) is 2.67. The number of aryl methyl sites for hydroxylation is 1. The highest BCUT2D eigenvalue weighted by Gasteiger charge is 2.19. The quantitative estimate of drug-likeness (QED) is 0.629. The first-order valence-corrected chi connectivity index (χ1v) is 8.25. The maximum atomic E-state index is 12.5. The van der Waals surface area contributed by atoms with Crippen molar-refractivity contribution in [2.75, 3.05) is 13.7 Å². The molecule has 0 spiro atoms. The average molecular weight is 356 g/mol. The number of carbonyl (C=O) groups is 1.